The summed E-state index contributed by atoms with van der Waals surface area (Å²) in [6.07, 6.45) is 0. The van der Waals surface area contributed by atoms with Gasteiger partial charge in [-0.25, -0.2) is 9.78 Å². The van der Waals surface area contributed by atoms with Gasteiger partial charge < -0.3 is 10.1 Å². The SMILES string of the molecule is COC(=O)c1cccc(CNc2ccccc2)n1. The number of esters is 1. The lowest BCUT2D eigenvalue weighted by molar-refractivity contribution is 0.0593. The van der Waals surface area contributed by atoms with Gasteiger partial charge in [0.1, 0.15) is 5.69 Å². The van der Waals surface area contributed by atoms with Crippen LogP contribution < -0.4 is 5.32 Å². The summed E-state index contributed by atoms with van der Waals surface area (Å²) < 4.78 is 4.63. The summed E-state index contributed by atoms with van der Waals surface area (Å²) in [5.41, 5.74) is 2.13. The van der Waals surface area contributed by atoms with Gasteiger partial charge in [-0.3, -0.25) is 0 Å². The maximum atomic E-state index is 11.3. The molecule has 0 fully saturated rings. The summed E-state index contributed by atoms with van der Waals surface area (Å²) in [7, 11) is 1.35. The predicted molar refractivity (Wildman–Crippen MR) is 69.3 cm³/mol. The Hall–Kier alpha value is -2.36. The average Bonchev–Trinajstić information content (AvgIpc) is 2.45. The van der Waals surface area contributed by atoms with Crippen molar-refractivity contribution >= 4 is 11.7 Å². The number of aromatic nitrogens is 1. The molecule has 0 amide bonds. The third-order valence-corrected chi connectivity index (χ3v) is 2.45. The highest BCUT2D eigenvalue weighted by molar-refractivity contribution is 5.87. The van der Waals surface area contributed by atoms with Crippen LogP contribution in [0.25, 0.3) is 0 Å². The first kappa shape index (κ1) is 12.1. The number of anilines is 1. The average molecular weight is 242 g/mol. The third-order valence-electron chi connectivity index (χ3n) is 2.45. The van der Waals surface area contributed by atoms with Gasteiger partial charge in [0.2, 0.25) is 0 Å². The molecule has 18 heavy (non-hydrogen) atoms. The molecule has 1 aromatic heterocycles. The van der Waals surface area contributed by atoms with Crippen LogP contribution in [0.1, 0.15) is 16.2 Å². The Kier molecular flexibility index (Phi) is 3.91. The van der Waals surface area contributed by atoms with E-state index in [1.807, 2.05) is 36.4 Å². The fourth-order valence-electron chi connectivity index (χ4n) is 1.54. The Morgan fingerprint density at radius 1 is 1.17 bits per heavy atom. The summed E-state index contributed by atoms with van der Waals surface area (Å²) in [6, 6.07) is 15.1. The van der Waals surface area contributed by atoms with Crippen molar-refractivity contribution in [3.63, 3.8) is 0 Å². The van der Waals surface area contributed by atoms with Gasteiger partial charge in [-0.2, -0.15) is 0 Å². The smallest absolute Gasteiger partial charge is 0.356 e. The highest BCUT2D eigenvalue weighted by atomic mass is 16.5. The zero-order valence-corrected chi connectivity index (χ0v) is 10.1. The Labute approximate surface area is 106 Å². The van der Waals surface area contributed by atoms with Crippen LogP contribution in [-0.4, -0.2) is 18.1 Å². The van der Waals surface area contributed by atoms with E-state index >= 15 is 0 Å². The lowest BCUT2D eigenvalue weighted by atomic mass is 10.2. The Morgan fingerprint density at radius 3 is 2.67 bits per heavy atom. The highest BCUT2D eigenvalue weighted by Crippen LogP contribution is 2.08. The molecular weight excluding hydrogens is 228 g/mol. The standard InChI is InChI=1S/C14H14N2O2/c1-18-14(17)13-9-5-8-12(16-13)10-15-11-6-3-2-4-7-11/h2-9,15H,10H2,1H3. The summed E-state index contributed by atoms with van der Waals surface area (Å²) in [4.78, 5) is 15.6. The normalized spacial score (nSPS) is 9.83. The van der Waals surface area contributed by atoms with Crippen molar-refractivity contribution in [1.82, 2.24) is 4.98 Å². The van der Waals surface area contributed by atoms with Crippen LogP contribution >= 0.6 is 0 Å². The number of hydrogen-bond donors (Lipinski definition) is 1. The molecule has 4 nitrogen and oxygen atoms in total. The number of carbonyl (C=O) groups is 1. The molecule has 1 N–H and O–H groups in total. The van der Waals surface area contributed by atoms with Crippen LogP contribution in [0.5, 0.6) is 0 Å². The van der Waals surface area contributed by atoms with Crippen molar-refractivity contribution in [3.8, 4) is 0 Å². The zero-order chi connectivity index (χ0) is 12.8. The predicted octanol–water partition coefficient (Wildman–Crippen LogP) is 2.48. The van der Waals surface area contributed by atoms with E-state index in [0.29, 0.717) is 12.2 Å². The second-order valence-corrected chi connectivity index (χ2v) is 3.73. The van der Waals surface area contributed by atoms with Gasteiger partial charge in [-0.1, -0.05) is 24.3 Å². The van der Waals surface area contributed by atoms with E-state index in [9.17, 15) is 4.79 Å². The number of methoxy groups -OCH3 is 1. The number of carbonyl (C=O) groups excluding carboxylic acids is 1. The van der Waals surface area contributed by atoms with E-state index < -0.39 is 5.97 Å². The van der Waals surface area contributed by atoms with E-state index in [4.69, 9.17) is 0 Å². The van der Waals surface area contributed by atoms with Crippen LogP contribution in [0.15, 0.2) is 48.5 Å². The molecule has 1 heterocycles. The van der Waals surface area contributed by atoms with Gasteiger partial charge in [0.15, 0.2) is 0 Å². The molecule has 1 aromatic carbocycles. The first-order valence-electron chi connectivity index (χ1n) is 5.63. The van der Waals surface area contributed by atoms with Crippen molar-refractivity contribution < 1.29 is 9.53 Å². The van der Waals surface area contributed by atoms with Gasteiger partial charge >= 0.3 is 5.97 Å². The molecule has 0 atom stereocenters. The van der Waals surface area contributed by atoms with Crippen LogP contribution in [0, 0.1) is 0 Å². The summed E-state index contributed by atoms with van der Waals surface area (Å²) >= 11 is 0. The number of hydrogen-bond acceptors (Lipinski definition) is 4. The van der Waals surface area contributed by atoms with Gasteiger partial charge in [0, 0.05) is 5.69 Å². The van der Waals surface area contributed by atoms with Gasteiger partial charge in [-0.15, -0.1) is 0 Å². The molecule has 0 radical (unpaired) electrons. The third kappa shape index (κ3) is 3.07. The molecule has 4 heteroatoms. The number of nitrogens with zero attached hydrogens (tertiary/aromatic N) is 1. The minimum Gasteiger partial charge on any atom is -0.464 e. The van der Waals surface area contributed by atoms with E-state index in [2.05, 4.69) is 15.0 Å². The summed E-state index contributed by atoms with van der Waals surface area (Å²) in [6.45, 7) is 0.564. The molecule has 0 saturated carbocycles. The quantitative estimate of drug-likeness (QED) is 0.837. The molecule has 2 aromatic rings. The van der Waals surface area contributed by atoms with Gasteiger partial charge in [0.05, 0.1) is 19.3 Å². The number of ether oxygens (including phenoxy) is 1. The number of para-hydroxylation sites is 1. The van der Waals surface area contributed by atoms with Crippen molar-refractivity contribution in [2.45, 2.75) is 6.54 Å². The van der Waals surface area contributed by atoms with E-state index in [1.54, 1.807) is 12.1 Å². The Bertz CT molecular complexity index is 526. The fourth-order valence-corrected chi connectivity index (χ4v) is 1.54. The summed E-state index contributed by atoms with van der Waals surface area (Å²) in [5.74, 6) is -0.420. The zero-order valence-electron chi connectivity index (χ0n) is 10.1. The van der Waals surface area contributed by atoms with Crippen LogP contribution in [0.4, 0.5) is 5.69 Å². The fraction of sp³-hybridized carbons (Fsp3) is 0.143. The monoisotopic (exact) mass is 242 g/mol. The molecular formula is C14H14N2O2. The van der Waals surface area contributed by atoms with Crippen molar-refractivity contribution in [1.29, 1.82) is 0 Å². The molecule has 0 unspecified atom stereocenters. The molecule has 92 valence electrons. The Morgan fingerprint density at radius 2 is 1.94 bits per heavy atom. The number of rotatable bonds is 4. The van der Waals surface area contributed by atoms with Crippen LogP contribution in [0.3, 0.4) is 0 Å². The molecule has 0 aliphatic rings. The van der Waals surface area contributed by atoms with Gasteiger partial charge in [-0.05, 0) is 24.3 Å². The minimum atomic E-state index is -0.420. The van der Waals surface area contributed by atoms with Crippen molar-refractivity contribution in [2.75, 3.05) is 12.4 Å². The summed E-state index contributed by atoms with van der Waals surface area (Å²) in [5, 5.41) is 3.23. The van der Waals surface area contributed by atoms with Crippen LogP contribution in [-0.2, 0) is 11.3 Å². The largest absolute Gasteiger partial charge is 0.464 e. The molecule has 0 bridgehead atoms. The first-order chi connectivity index (χ1) is 8.79. The maximum absolute atomic E-state index is 11.3. The van der Waals surface area contributed by atoms with E-state index in [0.717, 1.165) is 11.4 Å². The van der Waals surface area contributed by atoms with E-state index in [-0.39, 0.29) is 0 Å². The van der Waals surface area contributed by atoms with Crippen molar-refractivity contribution in [3.05, 3.63) is 59.9 Å². The number of benzene rings is 1. The van der Waals surface area contributed by atoms with E-state index in [1.165, 1.54) is 7.11 Å². The number of nitrogens with one attached hydrogen (secondary N) is 1. The first-order valence-corrected chi connectivity index (χ1v) is 5.63. The minimum absolute atomic E-state index is 0.324. The maximum Gasteiger partial charge on any atom is 0.356 e. The number of pyridine rings is 1. The topological polar surface area (TPSA) is 51.2 Å². The van der Waals surface area contributed by atoms with Crippen LogP contribution in [0.2, 0.25) is 0 Å². The molecule has 0 saturated heterocycles. The molecule has 0 spiro atoms. The van der Waals surface area contributed by atoms with Crippen molar-refractivity contribution in [2.24, 2.45) is 0 Å². The lowest BCUT2D eigenvalue weighted by Crippen LogP contribution is -2.08. The second kappa shape index (κ2) is 5.82. The molecule has 0 aliphatic heterocycles. The second-order valence-electron chi connectivity index (χ2n) is 3.73. The lowest BCUT2D eigenvalue weighted by Gasteiger charge is -2.06. The van der Waals surface area contributed by atoms with Gasteiger partial charge in [0.25, 0.3) is 0 Å². The molecule has 2 rings (SSSR count). The highest BCUT2D eigenvalue weighted by Gasteiger charge is 2.07. The Balaban J connectivity index is 2.04. The molecule has 0 aliphatic carbocycles.